The van der Waals surface area contributed by atoms with E-state index in [2.05, 4.69) is 20.8 Å². The molecule has 1 saturated carbocycles. The van der Waals surface area contributed by atoms with Gasteiger partial charge in [-0.3, -0.25) is 0 Å². The van der Waals surface area contributed by atoms with Crippen molar-refractivity contribution in [3.8, 4) is 0 Å². The smallest absolute Gasteiger partial charge is 0.100 e. The molecule has 2 aliphatic heterocycles. The van der Waals surface area contributed by atoms with E-state index >= 15 is 0 Å². The minimum Gasteiger partial charge on any atom is -0.390 e. The molecule has 0 amide bonds. The van der Waals surface area contributed by atoms with E-state index in [1.54, 1.807) is 7.11 Å². The van der Waals surface area contributed by atoms with Crippen molar-refractivity contribution in [3.05, 3.63) is 0 Å². The van der Waals surface area contributed by atoms with Crippen LogP contribution in [0.3, 0.4) is 0 Å². The lowest BCUT2D eigenvalue weighted by Crippen LogP contribution is -2.54. The Kier molecular flexibility index (Phi) is 3.65. The maximum atomic E-state index is 10.3. The molecule has 2 heterocycles. The first kappa shape index (κ1) is 14.8. The third-order valence-corrected chi connectivity index (χ3v) is 5.53. The van der Waals surface area contributed by atoms with Crippen LogP contribution in [0.1, 0.15) is 46.5 Å². The van der Waals surface area contributed by atoms with Crippen molar-refractivity contribution in [1.82, 2.24) is 0 Å². The maximum Gasteiger partial charge on any atom is 0.100 e. The largest absolute Gasteiger partial charge is 0.390 e. The molecule has 116 valence electrons. The van der Waals surface area contributed by atoms with Crippen LogP contribution in [0.15, 0.2) is 0 Å². The summed E-state index contributed by atoms with van der Waals surface area (Å²) in [4.78, 5) is 0. The number of rotatable bonds is 5. The average molecular weight is 284 g/mol. The molecule has 1 N–H and O–H groups in total. The summed E-state index contributed by atoms with van der Waals surface area (Å²) in [5.74, 6) is 0.852. The fourth-order valence-electron chi connectivity index (χ4n) is 4.17. The first-order valence-electron chi connectivity index (χ1n) is 7.95. The van der Waals surface area contributed by atoms with Gasteiger partial charge in [0.15, 0.2) is 0 Å². The van der Waals surface area contributed by atoms with E-state index in [9.17, 15) is 5.11 Å². The highest BCUT2D eigenvalue weighted by atomic mass is 16.6. The van der Waals surface area contributed by atoms with Crippen molar-refractivity contribution in [1.29, 1.82) is 0 Å². The van der Waals surface area contributed by atoms with E-state index in [-0.39, 0.29) is 23.2 Å². The lowest BCUT2D eigenvalue weighted by molar-refractivity contribution is -0.116. The van der Waals surface area contributed by atoms with Crippen LogP contribution in [0.5, 0.6) is 0 Å². The summed E-state index contributed by atoms with van der Waals surface area (Å²) in [7, 11) is 1.69. The molecule has 6 unspecified atom stereocenters. The second kappa shape index (κ2) is 4.94. The number of methoxy groups -OCH3 is 1. The lowest BCUT2D eigenvalue weighted by atomic mass is 9.68. The Morgan fingerprint density at radius 3 is 2.65 bits per heavy atom. The molecule has 3 fully saturated rings. The molecule has 6 atom stereocenters. The summed E-state index contributed by atoms with van der Waals surface area (Å²) in [5.41, 5.74) is -0.283. The topological polar surface area (TPSA) is 54.5 Å². The second-order valence-electron chi connectivity index (χ2n) is 7.40. The number of hydrogen-bond acceptors (Lipinski definition) is 4. The van der Waals surface area contributed by atoms with Gasteiger partial charge in [0.25, 0.3) is 0 Å². The van der Waals surface area contributed by atoms with Crippen LogP contribution >= 0.6 is 0 Å². The van der Waals surface area contributed by atoms with Gasteiger partial charge < -0.3 is 19.3 Å². The van der Waals surface area contributed by atoms with Gasteiger partial charge in [-0.05, 0) is 38.5 Å². The van der Waals surface area contributed by atoms with Crippen molar-refractivity contribution in [2.45, 2.75) is 76.0 Å². The minimum absolute atomic E-state index is 0.0960. The summed E-state index contributed by atoms with van der Waals surface area (Å²) in [6.45, 7) is 7.46. The van der Waals surface area contributed by atoms with Crippen LogP contribution in [-0.4, -0.2) is 48.3 Å². The molecule has 4 heteroatoms. The van der Waals surface area contributed by atoms with Crippen molar-refractivity contribution in [2.24, 2.45) is 11.8 Å². The van der Waals surface area contributed by atoms with E-state index in [0.717, 1.165) is 25.9 Å². The monoisotopic (exact) mass is 284 g/mol. The van der Waals surface area contributed by atoms with Gasteiger partial charge >= 0.3 is 0 Å². The number of hydrogen-bond donors (Lipinski definition) is 1. The zero-order valence-electron chi connectivity index (χ0n) is 13.1. The van der Waals surface area contributed by atoms with Crippen molar-refractivity contribution in [3.63, 3.8) is 0 Å². The molecule has 3 rings (SSSR count). The zero-order chi connectivity index (χ0) is 14.5. The number of ether oxygens (including phenoxy) is 3. The van der Waals surface area contributed by atoms with Crippen LogP contribution in [0.2, 0.25) is 0 Å². The summed E-state index contributed by atoms with van der Waals surface area (Å²) < 4.78 is 17.5. The predicted molar refractivity (Wildman–Crippen MR) is 75.6 cm³/mol. The number of epoxide rings is 2. The molecule has 0 aromatic heterocycles. The molecular weight excluding hydrogens is 256 g/mol. The average Bonchev–Trinajstić information content (AvgIpc) is 3.29. The van der Waals surface area contributed by atoms with Gasteiger partial charge in [0, 0.05) is 7.11 Å². The quantitative estimate of drug-likeness (QED) is 0.786. The molecule has 0 bridgehead atoms. The second-order valence-corrected chi connectivity index (χ2v) is 7.40. The fourth-order valence-corrected chi connectivity index (χ4v) is 4.17. The van der Waals surface area contributed by atoms with Gasteiger partial charge in [0.1, 0.15) is 5.60 Å². The van der Waals surface area contributed by atoms with Crippen LogP contribution in [0, 0.1) is 11.8 Å². The molecule has 1 aliphatic carbocycles. The van der Waals surface area contributed by atoms with Crippen LogP contribution in [-0.2, 0) is 14.2 Å². The highest BCUT2D eigenvalue weighted by molar-refractivity contribution is 5.19. The molecule has 1 spiro atoms. The van der Waals surface area contributed by atoms with E-state index in [1.165, 1.54) is 6.42 Å². The molecule has 0 radical (unpaired) electrons. The normalized spacial score (nSPS) is 50.7. The Hall–Kier alpha value is -0.160. The standard InChI is InChI=1S/C16H28O4/c1-10(2)5-6-12-15(3,20-12)14-13(18-4)11(17)7-8-16(14)9-19-16/h10-14,17H,5-9H2,1-4H3. The van der Waals surface area contributed by atoms with Crippen molar-refractivity contribution in [2.75, 3.05) is 13.7 Å². The first-order chi connectivity index (χ1) is 9.43. The van der Waals surface area contributed by atoms with Gasteiger partial charge in [-0.15, -0.1) is 0 Å². The molecule has 20 heavy (non-hydrogen) atoms. The molecule has 3 aliphatic rings. The maximum absolute atomic E-state index is 10.3. The van der Waals surface area contributed by atoms with Crippen molar-refractivity contribution >= 4 is 0 Å². The highest BCUT2D eigenvalue weighted by Gasteiger charge is 2.71. The Bertz CT molecular complexity index is 365. The SMILES string of the molecule is COC1C(O)CCC2(CO2)C1C1(C)OC1CCC(C)C. The van der Waals surface area contributed by atoms with Gasteiger partial charge in [-0.2, -0.15) is 0 Å². The van der Waals surface area contributed by atoms with Gasteiger partial charge in [0.2, 0.25) is 0 Å². The lowest BCUT2D eigenvalue weighted by Gasteiger charge is -2.41. The number of aliphatic hydroxyl groups excluding tert-OH is 1. The molecule has 0 aromatic rings. The fraction of sp³-hybridized carbons (Fsp3) is 1.00. The van der Waals surface area contributed by atoms with Crippen LogP contribution in [0.4, 0.5) is 0 Å². The van der Waals surface area contributed by atoms with Gasteiger partial charge in [-0.1, -0.05) is 13.8 Å². The third kappa shape index (κ3) is 2.31. The summed E-state index contributed by atoms with van der Waals surface area (Å²) in [6.07, 6.45) is 3.69. The summed E-state index contributed by atoms with van der Waals surface area (Å²) in [5, 5.41) is 10.3. The highest BCUT2D eigenvalue weighted by Crippen LogP contribution is 2.59. The van der Waals surface area contributed by atoms with Crippen molar-refractivity contribution < 1.29 is 19.3 Å². The molecule has 4 nitrogen and oxygen atoms in total. The molecule has 0 aromatic carbocycles. The van der Waals surface area contributed by atoms with Crippen LogP contribution < -0.4 is 0 Å². The Morgan fingerprint density at radius 1 is 1.40 bits per heavy atom. The molecular formula is C16H28O4. The van der Waals surface area contributed by atoms with E-state index in [4.69, 9.17) is 14.2 Å². The van der Waals surface area contributed by atoms with E-state index in [1.807, 2.05) is 0 Å². The zero-order valence-corrected chi connectivity index (χ0v) is 13.1. The predicted octanol–water partition coefficient (Wildman–Crippen LogP) is 2.13. The Labute approximate surface area is 121 Å². The van der Waals surface area contributed by atoms with Gasteiger partial charge in [0.05, 0.1) is 36.4 Å². The number of aliphatic hydroxyl groups is 1. The van der Waals surface area contributed by atoms with E-state index in [0.29, 0.717) is 12.0 Å². The summed E-state index contributed by atoms with van der Waals surface area (Å²) in [6, 6.07) is 0. The third-order valence-electron chi connectivity index (χ3n) is 5.53. The Balaban J connectivity index is 1.73. The summed E-state index contributed by atoms with van der Waals surface area (Å²) >= 11 is 0. The van der Waals surface area contributed by atoms with E-state index < -0.39 is 6.10 Å². The van der Waals surface area contributed by atoms with Crippen LogP contribution in [0.25, 0.3) is 0 Å². The molecule has 2 saturated heterocycles. The van der Waals surface area contributed by atoms with Gasteiger partial charge in [-0.25, -0.2) is 0 Å². The Morgan fingerprint density at radius 2 is 2.10 bits per heavy atom. The minimum atomic E-state index is -0.397. The first-order valence-corrected chi connectivity index (χ1v) is 7.95.